The van der Waals surface area contributed by atoms with E-state index in [0.717, 1.165) is 0 Å². The van der Waals surface area contributed by atoms with Crippen molar-refractivity contribution < 1.29 is 9.59 Å². The van der Waals surface area contributed by atoms with E-state index in [9.17, 15) is 9.59 Å². The largest absolute Gasteiger partial charge is 0.343 e. The molecule has 0 aliphatic carbocycles. The van der Waals surface area contributed by atoms with Crippen LogP contribution >= 0.6 is 0 Å². The van der Waals surface area contributed by atoms with Crippen molar-refractivity contribution in [3.05, 3.63) is 30.1 Å². The lowest BCUT2D eigenvalue weighted by Crippen LogP contribution is -2.39. The third kappa shape index (κ3) is 3.15. The van der Waals surface area contributed by atoms with Crippen LogP contribution in [0.15, 0.2) is 24.4 Å². The lowest BCUT2D eigenvalue weighted by atomic mass is 9.96. The Morgan fingerprint density at radius 1 is 1.22 bits per heavy atom. The average molecular weight is 248 g/mol. The first kappa shape index (κ1) is 14.4. The first-order valence-corrected chi connectivity index (χ1v) is 6.39. The Hall–Kier alpha value is -1.71. The van der Waals surface area contributed by atoms with Gasteiger partial charge in [-0.15, -0.1) is 0 Å². The maximum Gasteiger partial charge on any atom is 0.233 e. The molecule has 98 valence electrons. The Labute approximate surface area is 108 Å². The van der Waals surface area contributed by atoms with Gasteiger partial charge in [0.1, 0.15) is 11.6 Å². The summed E-state index contributed by atoms with van der Waals surface area (Å²) in [6, 6.07) is 5.17. The van der Waals surface area contributed by atoms with E-state index in [2.05, 4.69) is 4.98 Å². The van der Waals surface area contributed by atoms with Crippen molar-refractivity contribution in [2.75, 3.05) is 13.1 Å². The summed E-state index contributed by atoms with van der Waals surface area (Å²) in [5, 5.41) is 0. The number of carbonyl (C=O) groups excluding carboxylic acids is 2. The molecule has 0 aliphatic heterocycles. The molecule has 0 bridgehead atoms. The van der Waals surface area contributed by atoms with Gasteiger partial charge < -0.3 is 4.90 Å². The minimum absolute atomic E-state index is 0.0989. The number of nitrogens with zero attached hydrogens (tertiary/aromatic N) is 2. The number of hydrogen-bond acceptors (Lipinski definition) is 3. The van der Waals surface area contributed by atoms with E-state index < -0.39 is 5.92 Å². The molecule has 1 heterocycles. The topological polar surface area (TPSA) is 50.3 Å². The molecule has 18 heavy (non-hydrogen) atoms. The van der Waals surface area contributed by atoms with Crippen LogP contribution in [0.4, 0.5) is 0 Å². The maximum absolute atomic E-state index is 12.2. The van der Waals surface area contributed by atoms with Crippen LogP contribution in [0.3, 0.4) is 0 Å². The van der Waals surface area contributed by atoms with E-state index in [-0.39, 0.29) is 11.7 Å². The smallest absolute Gasteiger partial charge is 0.233 e. The Balaban J connectivity index is 2.90. The number of carbonyl (C=O) groups is 2. The summed E-state index contributed by atoms with van der Waals surface area (Å²) in [6.45, 7) is 6.94. The quantitative estimate of drug-likeness (QED) is 0.572. The van der Waals surface area contributed by atoms with Crippen LogP contribution in [0.2, 0.25) is 0 Å². The molecular weight excluding hydrogens is 228 g/mol. The highest BCUT2D eigenvalue weighted by molar-refractivity contribution is 6.09. The fourth-order valence-electron chi connectivity index (χ4n) is 1.91. The van der Waals surface area contributed by atoms with Gasteiger partial charge in [-0.3, -0.25) is 14.6 Å². The molecule has 4 heteroatoms. The minimum Gasteiger partial charge on any atom is -0.343 e. The van der Waals surface area contributed by atoms with Gasteiger partial charge in [0.25, 0.3) is 0 Å². The third-order valence-electron chi connectivity index (χ3n) is 3.02. The molecule has 0 spiro atoms. The van der Waals surface area contributed by atoms with E-state index in [4.69, 9.17) is 0 Å². The van der Waals surface area contributed by atoms with Gasteiger partial charge in [-0.1, -0.05) is 13.0 Å². The molecule has 1 unspecified atom stereocenters. The van der Waals surface area contributed by atoms with Gasteiger partial charge in [-0.2, -0.15) is 0 Å². The van der Waals surface area contributed by atoms with Crippen molar-refractivity contribution in [3.63, 3.8) is 0 Å². The molecule has 0 saturated heterocycles. The standard InChI is InChI=1S/C14H20N2O2/c1-4-11(14(18)16(5-2)6-3)13(17)12-9-7-8-10-15-12/h7-11H,4-6H2,1-3H3. The maximum atomic E-state index is 12.2. The lowest BCUT2D eigenvalue weighted by molar-refractivity contribution is -0.133. The molecular formula is C14H20N2O2. The molecule has 0 radical (unpaired) electrons. The van der Waals surface area contributed by atoms with Crippen LogP contribution in [-0.4, -0.2) is 34.7 Å². The van der Waals surface area contributed by atoms with Crippen molar-refractivity contribution in [3.8, 4) is 0 Å². The summed E-state index contributed by atoms with van der Waals surface area (Å²) in [5.74, 6) is -0.895. The van der Waals surface area contributed by atoms with Crippen molar-refractivity contribution in [1.29, 1.82) is 0 Å². The molecule has 1 amide bonds. The van der Waals surface area contributed by atoms with Crippen molar-refractivity contribution in [2.45, 2.75) is 27.2 Å². The van der Waals surface area contributed by atoms with Gasteiger partial charge in [-0.25, -0.2) is 0 Å². The van der Waals surface area contributed by atoms with Gasteiger partial charge in [0.05, 0.1) is 0 Å². The average Bonchev–Trinajstić information content (AvgIpc) is 2.42. The molecule has 1 aromatic rings. The summed E-state index contributed by atoms with van der Waals surface area (Å²) in [5.41, 5.74) is 0.366. The lowest BCUT2D eigenvalue weighted by Gasteiger charge is -2.23. The zero-order valence-electron chi connectivity index (χ0n) is 11.2. The summed E-state index contributed by atoms with van der Waals surface area (Å²) in [6.07, 6.45) is 2.08. The van der Waals surface area contributed by atoms with Crippen LogP contribution in [0.25, 0.3) is 0 Å². The molecule has 1 atom stereocenters. The van der Waals surface area contributed by atoms with Crippen LogP contribution in [-0.2, 0) is 4.79 Å². The van der Waals surface area contributed by atoms with Gasteiger partial charge in [0.15, 0.2) is 5.78 Å². The zero-order chi connectivity index (χ0) is 13.5. The van der Waals surface area contributed by atoms with Crippen molar-refractivity contribution in [1.82, 2.24) is 9.88 Å². The first-order valence-electron chi connectivity index (χ1n) is 6.39. The SMILES string of the molecule is CCC(C(=O)c1ccccn1)C(=O)N(CC)CC. The molecule has 0 N–H and O–H groups in total. The van der Waals surface area contributed by atoms with Crippen molar-refractivity contribution in [2.24, 2.45) is 5.92 Å². The highest BCUT2D eigenvalue weighted by atomic mass is 16.2. The van der Waals surface area contributed by atoms with Gasteiger partial charge >= 0.3 is 0 Å². The number of amides is 1. The predicted molar refractivity (Wildman–Crippen MR) is 70.3 cm³/mol. The molecule has 0 fully saturated rings. The van der Waals surface area contributed by atoms with E-state index in [1.54, 1.807) is 29.3 Å². The Kier molecular flexibility index (Phi) is 5.49. The predicted octanol–water partition coefficient (Wildman–Crippen LogP) is 2.16. The van der Waals surface area contributed by atoms with Crippen LogP contribution < -0.4 is 0 Å². The number of Topliss-reactive ketones (excluding diaryl/α,β-unsaturated/α-hetero) is 1. The van der Waals surface area contributed by atoms with Gasteiger partial charge in [-0.05, 0) is 32.4 Å². The van der Waals surface area contributed by atoms with Crippen molar-refractivity contribution >= 4 is 11.7 Å². The third-order valence-corrected chi connectivity index (χ3v) is 3.02. The molecule has 0 aliphatic rings. The van der Waals surface area contributed by atoms with Gasteiger partial charge in [0, 0.05) is 19.3 Å². The number of ketones is 1. The second kappa shape index (κ2) is 6.89. The van der Waals surface area contributed by atoms with E-state index >= 15 is 0 Å². The number of rotatable bonds is 6. The Morgan fingerprint density at radius 2 is 1.89 bits per heavy atom. The fraction of sp³-hybridized carbons (Fsp3) is 0.500. The summed E-state index contributed by atoms with van der Waals surface area (Å²) in [4.78, 5) is 30.2. The van der Waals surface area contributed by atoms with Crippen LogP contribution in [0.1, 0.15) is 37.7 Å². The minimum atomic E-state index is -0.611. The molecule has 1 aromatic heterocycles. The Morgan fingerprint density at radius 3 is 2.33 bits per heavy atom. The highest BCUT2D eigenvalue weighted by Crippen LogP contribution is 2.14. The second-order valence-corrected chi connectivity index (χ2v) is 4.05. The highest BCUT2D eigenvalue weighted by Gasteiger charge is 2.29. The number of aromatic nitrogens is 1. The monoisotopic (exact) mass is 248 g/mol. The zero-order valence-corrected chi connectivity index (χ0v) is 11.2. The Bertz CT molecular complexity index is 400. The number of hydrogen-bond donors (Lipinski definition) is 0. The molecule has 1 rings (SSSR count). The van der Waals surface area contributed by atoms with Crippen LogP contribution in [0, 0.1) is 5.92 Å². The molecule has 0 aromatic carbocycles. The normalized spacial score (nSPS) is 11.9. The summed E-state index contributed by atoms with van der Waals surface area (Å²) >= 11 is 0. The number of pyridine rings is 1. The fourth-order valence-corrected chi connectivity index (χ4v) is 1.91. The van der Waals surface area contributed by atoms with Gasteiger partial charge in [0.2, 0.25) is 5.91 Å². The molecule has 4 nitrogen and oxygen atoms in total. The van der Waals surface area contributed by atoms with E-state index in [1.807, 2.05) is 20.8 Å². The van der Waals surface area contributed by atoms with E-state index in [1.165, 1.54) is 0 Å². The molecule has 0 saturated carbocycles. The summed E-state index contributed by atoms with van der Waals surface area (Å²) < 4.78 is 0. The first-order chi connectivity index (χ1) is 8.65. The summed E-state index contributed by atoms with van der Waals surface area (Å²) in [7, 11) is 0. The second-order valence-electron chi connectivity index (χ2n) is 4.05. The van der Waals surface area contributed by atoms with E-state index in [0.29, 0.717) is 25.2 Å². The van der Waals surface area contributed by atoms with Crippen LogP contribution in [0.5, 0.6) is 0 Å².